The number of nitrogens with zero attached hydrogens (tertiary/aromatic N) is 1. The third kappa shape index (κ3) is 2.70. The summed E-state index contributed by atoms with van der Waals surface area (Å²) in [6.45, 7) is 6.62. The second-order valence-corrected chi connectivity index (χ2v) is 8.35. The molecule has 1 heterocycles. The molecule has 0 spiro atoms. The predicted molar refractivity (Wildman–Crippen MR) is 105 cm³/mol. The molecule has 0 aromatic heterocycles. The maximum Gasteiger partial charge on any atom is 0.292 e. The highest BCUT2D eigenvalue weighted by atomic mass is 16.6. The second-order valence-electron chi connectivity index (χ2n) is 8.35. The number of nitro groups is 1. The number of para-hydroxylation sites is 1. The van der Waals surface area contributed by atoms with Gasteiger partial charge in [-0.2, -0.15) is 0 Å². The van der Waals surface area contributed by atoms with Crippen molar-refractivity contribution >= 4 is 11.4 Å². The molecule has 4 rings (SSSR count). The Kier molecular flexibility index (Phi) is 3.87. The SMILES string of the molecule is CC(C)(C)c1ccc([C@@H]2Nc3c(cccc3[N+](=O)[O-])[C@@H]3C=CC[C@@H]32)cc1. The lowest BCUT2D eigenvalue weighted by Crippen LogP contribution is -2.29. The van der Waals surface area contributed by atoms with Crippen molar-refractivity contribution in [2.45, 2.75) is 44.6 Å². The van der Waals surface area contributed by atoms with Crippen LogP contribution in [0.5, 0.6) is 0 Å². The first-order valence-corrected chi connectivity index (χ1v) is 9.17. The summed E-state index contributed by atoms with van der Waals surface area (Å²) in [5.74, 6) is 0.628. The Morgan fingerprint density at radius 3 is 2.50 bits per heavy atom. The monoisotopic (exact) mass is 348 g/mol. The number of fused-ring (bicyclic) bond motifs is 3. The van der Waals surface area contributed by atoms with Crippen LogP contribution in [-0.2, 0) is 5.41 Å². The highest BCUT2D eigenvalue weighted by Crippen LogP contribution is 2.52. The molecule has 0 saturated carbocycles. The Bertz CT molecular complexity index is 878. The lowest BCUT2D eigenvalue weighted by Gasteiger charge is -2.37. The molecule has 1 N–H and O–H groups in total. The van der Waals surface area contributed by atoms with Crippen molar-refractivity contribution in [3.8, 4) is 0 Å². The van der Waals surface area contributed by atoms with Crippen molar-refractivity contribution in [2.75, 3.05) is 5.32 Å². The van der Waals surface area contributed by atoms with Crippen LogP contribution in [0, 0.1) is 16.0 Å². The molecule has 3 atom stereocenters. The zero-order chi connectivity index (χ0) is 18.5. The van der Waals surface area contributed by atoms with E-state index in [1.54, 1.807) is 12.1 Å². The van der Waals surface area contributed by atoms with Gasteiger partial charge in [-0.1, -0.05) is 69.3 Å². The Hall–Kier alpha value is -2.62. The number of rotatable bonds is 2. The molecule has 1 aliphatic heterocycles. The highest BCUT2D eigenvalue weighted by molar-refractivity contribution is 5.71. The van der Waals surface area contributed by atoms with Crippen molar-refractivity contribution in [3.63, 3.8) is 0 Å². The molecule has 0 bridgehead atoms. The topological polar surface area (TPSA) is 55.2 Å². The fraction of sp³-hybridized carbons (Fsp3) is 0.364. The minimum Gasteiger partial charge on any atom is -0.372 e. The van der Waals surface area contributed by atoms with Crippen molar-refractivity contribution in [3.05, 3.63) is 81.4 Å². The van der Waals surface area contributed by atoms with E-state index in [0.29, 0.717) is 11.6 Å². The van der Waals surface area contributed by atoms with Crippen LogP contribution in [0.3, 0.4) is 0 Å². The molecule has 1 aliphatic carbocycles. The fourth-order valence-corrected chi connectivity index (χ4v) is 4.28. The molecule has 0 unspecified atom stereocenters. The average molecular weight is 348 g/mol. The van der Waals surface area contributed by atoms with Gasteiger partial charge in [-0.3, -0.25) is 10.1 Å². The van der Waals surface area contributed by atoms with Crippen molar-refractivity contribution in [2.24, 2.45) is 5.92 Å². The van der Waals surface area contributed by atoms with Crippen LogP contribution in [0.1, 0.15) is 55.8 Å². The van der Waals surface area contributed by atoms with E-state index in [9.17, 15) is 10.1 Å². The predicted octanol–water partition coefficient (Wildman–Crippen LogP) is 5.72. The summed E-state index contributed by atoms with van der Waals surface area (Å²) in [5, 5.41) is 15.0. The van der Waals surface area contributed by atoms with Gasteiger partial charge in [0.25, 0.3) is 5.69 Å². The van der Waals surface area contributed by atoms with E-state index in [-0.39, 0.29) is 28.0 Å². The van der Waals surface area contributed by atoms with Crippen molar-refractivity contribution in [1.82, 2.24) is 0 Å². The van der Waals surface area contributed by atoms with Gasteiger partial charge in [0.05, 0.1) is 11.0 Å². The lowest BCUT2D eigenvalue weighted by molar-refractivity contribution is -0.384. The summed E-state index contributed by atoms with van der Waals surface area (Å²) in [5.41, 5.74) is 4.49. The first-order chi connectivity index (χ1) is 12.4. The molecular formula is C22H24N2O2. The average Bonchev–Trinajstić information content (AvgIpc) is 3.09. The Labute approximate surface area is 154 Å². The van der Waals surface area contributed by atoms with Gasteiger partial charge in [-0.15, -0.1) is 0 Å². The maximum absolute atomic E-state index is 11.5. The third-order valence-corrected chi connectivity index (χ3v) is 5.71. The molecule has 4 heteroatoms. The van der Waals surface area contributed by atoms with E-state index in [0.717, 1.165) is 12.0 Å². The summed E-state index contributed by atoms with van der Waals surface area (Å²) in [4.78, 5) is 11.2. The van der Waals surface area contributed by atoms with Gasteiger partial charge in [0.2, 0.25) is 0 Å². The first kappa shape index (κ1) is 16.8. The normalized spacial score (nSPS) is 23.9. The summed E-state index contributed by atoms with van der Waals surface area (Å²) in [7, 11) is 0. The van der Waals surface area contributed by atoms with Gasteiger partial charge in [-0.25, -0.2) is 0 Å². The largest absolute Gasteiger partial charge is 0.372 e. The van der Waals surface area contributed by atoms with E-state index < -0.39 is 0 Å². The van der Waals surface area contributed by atoms with E-state index in [1.165, 1.54) is 11.1 Å². The molecule has 0 radical (unpaired) electrons. The van der Waals surface area contributed by atoms with Crippen molar-refractivity contribution < 1.29 is 4.92 Å². The van der Waals surface area contributed by atoms with Gasteiger partial charge >= 0.3 is 0 Å². The number of hydrogen-bond acceptors (Lipinski definition) is 3. The smallest absolute Gasteiger partial charge is 0.292 e. The lowest BCUT2D eigenvalue weighted by atomic mass is 9.76. The molecule has 26 heavy (non-hydrogen) atoms. The molecular weight excluding hydrogens is 324 g/mol. The van der Waals surface area contributed by atoms with Crippen molar-refractivity contribution in [1.29, 1.82) is 0 Å². The molecule has 0 fully saturated rings. The number of nitrogens with one attached hydrogen (secondary N) is 1. The van der Waals surface area contributed by atoms with E-state index in [2.05, 4.69) is 62.5 Å². The number of benzene rings is 2. The number of hydrogen-bond donors (Lipinski definition) is 1. The second kappa shape index (κ2) is 5.97. The molecule has 0 saturated heterocycles. The Balaban J connectivity index is 1.76. The van der Waals surface area contributed by atoms with E-state index in [4.69, 9.17) is 0 Å². The zero-order valence-corrected chi connectivity index (χ0v) is 15.4. The summed E-state index contributed by atoms with van der Waals surface area (Å²) in [6, 6.07) is 14.2. The van der Waals surface area contributed by atoms with Crippen LogP contribution in [0.15, 0.2) is 54.6 Å². The Morgan fingerprint density at radius 2 is 1.85 bits per heavy atom. The van der Waals surface area contributed by atoms with Crippen LogP contribution < -0.4 is 5.32 Å². The van der Waals surface area contributed by atoms with Crippen LogP contribution in [0.25, 0.3) is 0 Å². The van der Waals surface area contributed by atoms with Gasteiger partial charge in [0.15, 0.2) is 0 Å². The summed E-state index contributed by atoms with van der Waals surface area (Å²) in [6.07, 6.45) is 5.41. The third-order valence-electron chi connectivity index (χ3n) is 5.71. The minimum atomic E-state index is -0.287. The Morgan fingerprint density at radius 1 is 1.12 bits per heavy atom. The van der Waals surface area contributed by atoms with Gasteiger partial charge in [0, 0.05) is 12.0 Å². The minimum absolute atomic E-state index is 0.0811. The zero-order valence-electron chi connectivity index (χ0n) is 15.4. The van der Waals surface area contributed by atoms with Gasteiger partial charge in [0.1, 0.15) is 5.69 Å². The van der Waals surface area contributed by atoms with Crippen LogP contribution >= 0.6 is 0 Å². The van der Waals surface area contributed by atoms with E-state index >= 15 is 0 Å². The van der Waals surface area contributed by atoms with Crippen LogP contribution in [0.2, 0.25) is 0 Å². The molecule has 2 aromatic carbocycles. The number of nitro benzene ring substituents is 1. The fourth-order valence-electron chi connectivity index (χ4n) is 4.28. The van der Waals surface area contributed by atoms with Crippen LogP contribution in [0.4, 0.5) is 11.4 Å². The standard InChI is InChI=1S/C22H24N2O2/c1-22(2,3)15-12-10-14(11-13-15)20-17-7-4-6-16(17)18-8-5-9-19(24(25)26)21(18)23-20/h4-6,8-13,16-17,20,23H,7H2,1-3H3/t16-,17+,20+/m1/s1. The van der Waals surface area contributed by atoms with Crippen LogP contribution in [-0.4, -0.2) is 4.92 Å². The maximum atomic E-state index is 11.5. The summed E-state index contributed by atoms with van der Waals surface area (Å²) < 4.78 is 0. The molecule has 4 nitrogen and oxygen atoms in total. The molecule has 2 aromatic rings. The van der Waals surface area contributed by atoms with Gasteiger partial charge in [-0.05, 0) is 34.4 Å². The number of allylic oxidation sites excluding steroid dienone is 2. The summed E-state index contributed by atoms with van der Waals surface area (Å²) >= 11 is 0. The number of anilines is 1. The highest BCUT2D eigenvalue weighted by Gasteiger charge is 2.40. The van der Waals surface area contributed by atoms with E-state index in [1.807, 2.05) is 6.07 Å². The van der Waals surface area contributed by atoms with Gasteiger partial charge < -0.3 is 5.32 Å². The molecule has 0 amide bonds. The molecule has 134 valence electrons. The quantitative estimate of drug-likeness (QED) is 0.429. The molecule has 2 aliphatic rings. The first-order valence-electron chi connectivity index (χ1n) is 9.17.